The number of benzene rings is 1. The van der Waals surface area contributed by atoms with Gasteiger partial charge in [0.15, 0.2) is 0 Å². The highest BCUT2D eigenvalue weighted by Crippen LogP contribution is 2.41. The molecule has 0 saturated heterocycles. The third-order valence-corrected chi connectivity index (χ3v) is 4.36. The molecule has 0 spiro atoms. The Morgan fingerprint density at radius 3 is 2.54 bits per heavy atom. The quantitative estimate of drug-likeness (QED) is 0.544. The van der Waals surface area contributed by atoms with Crippen molar-refractivity contribution in [3.63, 3.8) is 0 Å². The Morgan fingerprint density at radius 1 is 1.25 bits per heavy atom. The number of hydrogen-bond acceptors (Lipinski definition) is 4. The number of fused-ring (bicyclic) bond motifs is 1. The van der Waals surface area contributed by atoms with Gasteiger partial charge in [0.1, 0.15) is 17.1 Å². The van der Waals surface area contributed by atoms with E-state index >= 15 is 0 Å². The van der Waals surface area contributed by atoms with Crippen molar-refractivity contribution in [2.75, 3.05) is 13.7 Å². The maximum Gasteiger partial charge on any atom is 0.334 e. The lowest BCUT2D eigenvalue weighted by molar-refractivity contribution is -0.137. The van der Waals surface area contributed by atoms with Gasteiger partial charge in [-0.05, 0) is 43.5 Å². The summed E-state index contributed by atoms with van der Waals surface area (Å²) in [5.74, 6) is 1.07. The van der Waals surface area contributed by atoms with Crippen LogP contribution in [0.5, 0.6) is 5.75 Å². The minimum Gasteiger partial charge on any atom is -0.497 e. The van der Waals surface area contributed by atoms with Gasteiger partial charge in [-0.1, -0.05) is 26.7 Å². The van der Waals surface area contributed by atoms with Gasteiger partial charge in [0.2, 0.25) is 0 Å². The van der Waals surface area contributed by atoms with Crippen molar-refractivity contribution in [3.05, 3.63) is 35.4 Å². The molecule has 0 radical (unpaired) electrons. The predicted molar refractivity (Wildman–Crippen MR) is 94.9 cm³/mol. The molecular weight excluding hydrogens is 304 g/mol. The lowest BCUT2D eigenvalue weighted by Gasteiger charge is -2.40. The zero-order chi connectivity index (χ0) is 17.6. The van der Waals surface area contributed by atoms with Gasteiger partial charge in [-0.3, -0.25) is 0 Å². The molecule has 0 bridgehead atoms. The van der Waals surface area contributed by atoms with Crippen LogP contribution in [-0.4, -0.2) is 25.3 Å². The van der Waals surface area contributed by atoms with Crippen LogP contribution in [-0.2, 0) is 20.7 Å². The van der Waals surface area contributed by atoms with E-state index in [1.54, 1.807) is 14.0 Å². The van der Waals surface area contributed by atoms with Crippen molar-refractivity contribution < 1.29 is 19.0 Å². The van der Waals surface area contributed by atoms with E-state index in [4.69, 9.17) is 14.2 Å². The molecule has 1 heterocycles. The maximum absolute atomic E-state index is 12.0. The van der Waals surface area contributed by atoms with Gasteiger partial charge < -0.3 is 14.2 Å². The van der Waals surface area contributed by atoms with Gasteiger partial charge in [0.05, 0.1) is 19.8 Å². The molecule has 2 rings (SSSR count). The Balaban J connectivity index is 2.48. The number of carbonyl (C=O) groups is 1. The zero-order valence-corrected chi connectivity index (χ0v) is 15.2. The second-order valence-electron chi connectivity index (χ2n) is 6.25. The number of ether oxygens (including phenoxy) is 3. The Kier molecular flexibility index (Phi) is 6.29. The van der Waals surface area contributed by atoms with Crippen LogP contribution < -0.4 is 4.74 Å². The second-order valence-corrected chi connectivity index (χ2v) is 6.25. The Hall–Kier alpha value is -1.97. The normalized spacial score (nSPS) is 17.1. The summed E-state index contributed by atoms with van der Waals surface area (Å²) in [5, 5.41) is 0. The van der Waals surface area contributed by atoms with Crippen molar-refractivity contribution in [1.29, 1.82) is 0 Å². The summed E-state index contributed by atoms with van der Waals surface area (Å²) in [6, 6.07) is 5.91. The van der Waals surface area contributed by atoms with Crippen LogP contribution in [0.2, 0.25) is 0 Å². The Labute approximate surface area is 144 Å². The summed E-state index contributed by atoms with van der Waals surface area (Å²) in [6.45, 7) is 6.48. The van der Waals surface area contributed by atoms with Crippen LogP contribution in [0.25, 0.3) is 5.76 Å². The lowest BCUT2D eigenvalue weighted by atomic mass is 9.81. The summed E-state index contributed by atoms with van der Waals surface area (Å²) in [5.41, 5.74) is 1.85. The molecule has 0 aliphatic carbocycles. The standard InChI is InChI=1S/C20H28O4/c1-5-10-20(11-6-2)14-15-12-16(22-4)8-9-17(15)18(24-20)13-19(21)23-7-3/h8-9,12-13H,5-7,10-11,14H2,1-4H3/b18-13-. The van der Waals surface area contributed by atoms with Gasteiger partial charge in [-0.15, -0.1) is 0 Å². The van der Waals surface area contributed by atoms with Crippen LogP contribution >= 0.6 is 0 Å². The minimum absolute atomic E-state index is 0.263. The van der Waals surface area contributed by atoms with Gasteiger partial charge >= 0.3 is 5.97 Å². The second kappa shape index (κ2) is 8.22. The first-order valence-electron chi connectivity index (χ1n) is 8.82. The SMILES string of the molecule is CCCC1(CCC)Cc2cc(OC)ccc2/C(=C/C(=O)OCC)O1. The highest BCUT2D eigenvalue weighted by atomic mass is 16.5. The van der Waals surface area contributed by atoms with Gasteiger partial charge in [-0.2, -0.15) is 0 Å². The predicted octanol–water partition coefficient (Wildman–Crippen LogP) is 4.51. The van der Waals surface area contributed by atoms with Gasteiger partial charge in [0, 0.05) is 12.0 Å². The van der Waals surface area contributed by atoms with Crippen LogP contribution in [0.1, 0.15) is 57.6 Å². The number of esters is 1. The molecule has 0 unspecified atom stereocenters. The largest absolute Gasteiger partial charge is 0.497 e. The molecule has 1 aromatic carbocycles. The molecule has 1 aliphatic rings. The van der Waals surface area contributed by atoms with Crippen LogP contribution in [0.15, 0.2) is 24.3 Å². The maximum atomic E-state index is 12.0. The summed E-state index contributed by atoms with van der Waals surface area (Å²) < 4.78 is 16.8. The molecule has 0 amide bonds. The fraction of sp³-hybridized carbons (Fsp3) is 0.550. The van der Waals surface area contributed by atoms with Crippen LogP contribution in [0, 0.1) is 0 Å². The zero-order valence-electron chi connectivity index (χ0n) is 15.2. The molecule has 0 saturated carbocycles. The van der Waals surface area contributed by atoms with E-state index in [2.05, 4.69) is 19.9 Å². The summed E-state index contributed by atoms with van der Waals surface area (Å²) >= 11 is 0. The van der Waals surface area contributed by atoms with E-state index < -0.39 is 0 Å². The molecule has 1 aromatic rings. The number of hydrogen-bond donors (Lipinski definition) is 0. The van der Waals surface area contributed by atoms with Crippen molar-refractivity contribution in [2.45, 2.75) is 58.5 Å². The number of methoxy groups -OCH3 is 1. The van der Waals surface area contributed by atoms with Crippen molar-refractivity contribution >= 4 is 11.7 Å². The summed E-state index contributed by atoms with van der Waals surface area (Å²) in [4.78, 5) is 12.0. The Morgan fingerprint density at radius 2 is 1.96 bits per heavy atom. The van der Waals surface area contributed by atoms with Gasteiger partial charge in [-0.25, -0.2) is 4.79 Å². The van der Waals surface area contributed by atoms with Crippen molar-refractivity contribution in [1.82, 2.24) is 0 Å². The molecule has 1 aliphatic heterocycles. The molecule has 132 valence electrons. The number of rotatable bonds is 7. The average Bonchev–Trinajstić information content (AvgIpc) is 2.55. The van der Waals surface area contributed by atoms with E-state index in [1.807, 2.05) is 12.1 Å². The molecule has 0 aromatic heterocycles. The highest BCUT2D eigenvalue weighted by molar-refractivity contribution is 5.90. The molecular formula is C20H28O4. The van der Waals surface area contributed by atoms with Crippen molar-refractivity contribution in [3.8, 4) is 5.75 Å². The smallest absolute Gasteiger partial charge is 0.334 e. The van der Waals surface area contributed by atoms with E-state index in [0.717, 1.165) is 49.0 Å². The summed E-state index contributed by atoms with van der Waals surface area (Å²) in [6.07, 6.45) is 6.29. The minimum atomic E-state index is -0.363. The third kappa shape index (κ3) is 4.11. The first-order valence-corrected chi connectivity index (χ1v) is 8.82. The third-order valence-electron chi connectivity index (χ3n) is 4.36. The monoisotopic (exact) mass is 332 g/mol. The first-order chi connectivity index (χ1) is 11.6. The molecule has 4 heteroatoms. The molecule has 0 fully saturated rings. The van der Waals surface area contributed by atoms with E-state index in [9.17, 15) is 4.79 Å². The van der Waals surface area contributed by atoms with Crippen molar-refractivity contribution in [2.24, 2.45) is 0 Å². The van der Waals surface area contributed by atoms with E-state index in [1.165, 1.54) is 6.08 Å². The van der Waals surface area contributed by atoms with Gasteiger partial charge in [0.25, 0.3) is 0 Å². The molecule has 0 atom stereocenters. The summed E-state index contributed by atoms with van der Waals surface area (Å²) in [7, 11) is 1.67. The fourth-order valence-corrected chi connectivity index (χ4v) is 3.47. The van der Waals surface area contributed by atoms with E-state index in [0.29, 0.717) is 12.4 Å². The molecule has 4 nitrogen and oxygen atoms in total. The van der Waals surface area contributed by atoms with Crippen LogP contribution in [0.4, 0.5) is 0 Å². The average molecular weight is 332 g/mol. The molecule has 24 heavy (non-hydrogen) atoms. The van der Waals surface area contributed by atoms with Crippen LogP contribution in [0.3, 0.4) is 0 Å². The first kappa shape index (κ1) is 18.4. The molecule has 0 N–H and O–H groups in total. The topological polar surface area (TPSA) is 44.8 Å². The number of carbonyl (C=O) groups excluding carboxylic acids is 1. The Bertz CT molecular complexity index is 598. The highest BCUT2D eigenvalue weighted by Gasteiger charge is 2.37. The fourth-order valence-electron chi connectivity index (χ4n) is 3.47. The lowest BCUT2D eigenvalue weighted by Crippen LogP contribution is -2.38. The van der Waals surface area contributed by atoms with E-state index in [-0.39, 0.29) is 11.6 Å².